The van der Waals surface area contributed by atoms with Crippen molar-refractivity contribution in [2.45, 2.75) is 18.0 Å². The van der Waals surface area contributed by atoms with Gasteiger partial charge < -0.3 is 4.74 Å². The predicted molar refractivity (Wildman–Crippen MR) is 101 cm³/mol. The Morgan fingerprint density at radius 1 is 1.17 bits per heavy atom. The van der Waals surface area contributed by atoms with Gasteiger partial charge in [-0.25, -0.2) is 18.1 Å². The third kappa shape index (κ3) is 4.26. The van der Waals surface area contributed by atoms with Crippen LogP contribution in [0.1, 0.15) is 23.3 Å². The van der Waals surface area contributed by atoms with Gasteiger partial charge in [0.2, 0.25) is 15.0 Å². The van der Waals surface area contributed by atoms with Crippen molar-refractivity contribution in [2.75, 3.05) is 26.5 Å². The first-order valence-electron chi connectivity index (χ1n) is 8.62. The van der Waals surface area contributed by atoms with Crippen molar-refractivity contribution >= 4 is 37.4 Å². The number of amides is 1. The topological polar surface area (TPSA) is 144 Å². The van der Waals surface area contributed by atoms with Crippen LogP contribution in [0.2, 0.25) is 0 Å². The summed E-state index contributed by atoms with van der Waals surface area (Å²) in [7, 11) is -6.68. The van der Waals surface area contributed by atoms with Gasteiger partial charge in [0.05, 0.1) is 18.5 Å². The van der Waals surface area contributed by atoms with E-state index in [4.69, 9.17) is 0 Å². The average Bonchev–Trinajstić information content (AvgIpc) is 3.07. The Labute approximate surface area is 167 Å². The van der Waals surface area contributed by atoms with E-state index in [1.54, 1.807) is 12.1 Å². The second-order valence-corrected chi connectivity index (χ2v) is 10.2. The minimum absolute atomic E-state index is 0.0426. The molecule has 0 unspecified atom stereocenters. The molecule has 3 heterocycles. The van der Waals surface area contributed by atoms with Crippen molar-refractivity contribution in [3.05, 3.63) is 30.1 Å². The minimum atomic E-state index is -4.20. The van der Waals surface area contributed by atoms with Gasteiger partial charge in [0.25, 0.3) is 5.91 Å². The highest BCUT2D eigenvalue weighted by Gasteiger charge is 2.33. The summed E-state index contributed by atoms with van der Waals surface area (Å²) in [5, 5.41) is -0.366. The van der Waals surface area contributed by atoms with Gasteiger partial charge in [0.15, 0.2) is 5.69 Å². The summed E-state index contributed by atoms with van der Waals surface area (Å²) in [4.78, 5) is 28.0. The maximum atomic E-state index is 12.6. The van der Waals surface area contributed by atoms with Crippen molar-refractivity contribution in [2.24, 2.45) is 5.92 Å². The van der Waals surface area contributed by atoms with E-state index in [1.807, 2.05) is 4.72 Å². The van der Waals surface area contributed by atoms with E-state index < -0.39 is 37.8 Å². The fourth-order valence-corrected chi connectivity index (χ4v) is 5.09. The fraction of sp³-hybridized carbons (Fsp3) is 0.438. The smallest absolute Gasteiger partial charge is 0.308 e. The number of pyridine rings is 1. The molecular formula is C16H20N4O7S2. The first-order valence-corrected chi connectivity index (χ1v) is 11.9. The Morgan fingerprint density at radius 2 is 1.83 bits per heavy atom. The van der Waals surface area contributed by atoms with Crippen molar-refractivity contribution in [1.82, 2.24) is 18.4 Å². The van der Waals surface area contributed by atoms with Crippen molar-refractivity contribution in [1.29, 1.82) is 0 Å². The first kappa shape index (κ1) is 21.2. The molecule has 0 atom stereocenters. The summed E-state index contributed by atoms with van der Waals surface area (Å²) in [6.07, 6.45) is 2.90. The summed E-state index contributed by atoms with van der Waals surface area (Å²) in [5.41, 5.74) is -0.163. The molecule has 0 saturated carbocycles. The van der Waals surface area contributed by atoms with Crippen LogP contribution in [0.3, 0.4) is 0 Å². The van der Waals surface area contributed by atoms with E-state index >= 15 is 0 Å². The zero-order chi connectivity index (χ0) is 21.4. The largest absolute Gasteiger partial charge is 0.469 e. The van der Waals surface area contributed by atoms with Gasteiger partial charge in [0.1, 0.15) is 0 Å². The molecule has 0 bridgehead atoms. The number of nitrogens with zero attached hydrogens (tertiary/aromatic N) is 3. The number of imidazole rings is 1. The summed E-state index contributed by atoms with van der Waals surface area (Å²) >= 11 is 0. The normalized spacial score (nSPS) is 16.6. The number of carbonyl (C=O) groups excluding carboxylic acids is 2. The zero-order valence-corrected chi connectivity index (χ0v) is 17.4. The van der Waals surface area contributed by atoms with Crippen LogP contribution >= 0.6 is 0 Å². The van der Waals surface area contributed by atoms with Gasteiger partial charge >= 0.3 is 16.2 Å². The minimum Gasteiger partial charge on any atom is -0.469 e. The molecule has 13 heteroatoms. The third-order valence-electron chi connectivity index (χ3n) is 4.61. The Bertz CT molecular complexity index is 1160. The number of hydrogen-bond donors (Lipinski definition) is 1. The van der Waals surface area contributed by atoms with Crippen molar-refractivity contribution in [3.8, 4) is 0 Å². The molecule has 0 radical (unpaired) electrons. The third-order valence-corrected chi connectivity index (χ3v) is 7.05. The lowest BCUT2D eigenvalue weighted by atomic mass is 9.99. The highest BCUT2D eigenvalue weighted by atomic mass is 32.2. The number of piperidine rings is 1. The quantitative estimate of drug-likeness (QED) is 0.613. The SMILES string of the molecule is COC(=O)C1CCN(S(=O)(=O)NC(=O)c2nc(S(C)(=O)=O)n3ccccc23)CC1. The van der Waals surface area contributed by atoms with Crippen LogP contribution in [0.25, 0.3) is 5.52 Å². The molecule has 2 aromatic rings. The summed E-state index contributed by atoms with van der Waals surface area (Å²) in [6, 6.07) is 4.60. The van der Waals surface area contributed by atoms with Crippen LogP contribution in [0.4, 0.5) is 0 Å². The summed E-state index contributed by atoms with van der Waals surface area (Å²) in [6.45, 7) is 0.0851. The molecule has 158 valence electrons. The van der Waals surface area contributed by atoms with E-state index in [2.05, 4.69) is 9.72 Å². The number of sulfone groups is 1. The molecule has 1 N–H and O–H groups in total. The second-order valence-electron chi connectivity index (χ2n) is 6.60. The predicted octanol–water partition coefficient (Wildman–Crippen LogP) is -0.403. The fourth-order valence-electron chi connectivity index (χ4n) is 3.17. The molecule has 2 aromatic heterocycles. The second kappa shape index (κ2) is 7.72. The van der Waals surface area contributed by atoms with Crippen LogP contribution in [-0.4, -0.2) is 68.9 Å². The first-order chi connectivity index (χ1) is 13.5. The molecule has 0 aliphatic carbocycles. The number of hydrogen-bond acceptors (Lipinski definition) is 8. The average molecular weight is 444 g/mol. The number of rotatable bonds is 5. The number of esters is 1. The molecule has 3 rings (SSSR count). The van der Waals surface area contributed by atoms with Gasteiger partial charge in [0, 0.05) is 25.5 Å². The molecule has 0 aromatic carbocycles. The number of fused-ring (bicyclic) bond motifs is 1. The molecule has 1 saturated heterocycles. The van der Waals surface area contributed by atoms with E-state index in [0.29, 0.717) is 0 Å². The molecule has 11 nitrogen and oxygen atoms in total. The lowest BCUT2D eigenvalue weighted by Crippen LogP contribution is -2.47. The number of aromatic nitrogens is 2. The molecule has 0 spiro atoms. The molecule has 1 aliphatic heterocycles. The molecule has 1 fully saturated rings. The molecule has 1 aliphatic rings. The maximum Gasteiger partial charge on any atom is 0.308 e. The van der Waals surface area contributed by atoms with E-state index in [1.165, 1.54) is 23.8 Å². The highest BCUT2D eigenvalue weighted by molar-refractivity contribution is 7.90. The Balaban J connectivity index is 1.83. The molecule has 29 heavy (non-hydrogen) atoms. The van der Waals surface area contributed by atoms with Gasteiger partial charge in [-0.3, -0.25) is 14.0 Å². The lowest BCUT2D eigenvalue weighted by molar-refractivity contribution is -0.146. The number of nitrogens with one attached hydrogen (secondary N) is 1. The Morgan fingerprint density at radius 3 is 2.41 bits per heavy atom. The van der Waals surface area contributed by atoms with Gasteiger partial charge in [-0.1, -0.05) is 6.07 Å². The van der Waals surface area contributed by atoms with Crippen LogP contribution < -0.4 is 4.72 Å². The van der Waals surface area contributed by atoms with Crippen molar-refractivity contribution < 1.29 is 31.2 Å². The van der Waals surface area contributed by atoms with Crippen LogP contribution in [0, 0.1) is 5.92 Å². The monoisotopic (exact) mass is 444 g/mol. The van der Waals surface area contributed by atoms with Crippen molar-refractivity contribution in [3.63, 3.8) is 0 Å². The molecular weight excluding hydrogens is 424 g/mol. The van der Waals surface area contributed by atoms with E-state index in [9.17, 15) is 26.4 Å². The van der Waals surface area contributed by atoms with Gasteiger partial charge in [-0.15, -0.1) is 0 Å². The Hall–Kier alpha value is -2.51. The zero-order valence-electron chi connectivity index (χ0n) is 15.7. The van der Waals surface area contributed by atoms with E-state index in [0.717, 1.165) is 10.6 Å². The van der Waals surface area contributed by atoms with Gasteiger partial charge in [-0.05, 0) is 25.0 Å². The lowest BCUT2D eigenvalue weighted by Gasteiger charge is -2.29. The van der Waals surface area contributed by atoms with Crippen LogP contribution in [0.15, 0.2) is 29.6 Å². The Kier molecular flexibility index (Phi) is 5.65. The highest BCUT2D eigenvalue weighted by Crippen LogP contribution is 2.21. The number of ether oxygens (including phenoxy) is 1. The van der Waals surface area contributed by atoms with E-state index in [-0.39, 0.29) is 42.3 Å². The summed E-state index contributed by atoms with van der Waals surface area (Å²) < 4.78 is 57.9. The number of carbonyl (C=O) groups is 2. The van der Waals surface area contributed by atoms with Crippen LogP contribution in [0.5, 0.6) is 0 Å². The van der Waals surface area contributed by atoms with Gasteiger partial charge in [-0.2, -0.15) is 12.7 Å². The van der Waals surface area contributed by atoms with Crippen LogP contribution in [-0.2, 0) is 29.6 Å². The number of methoxy groups -OCH3 is 1. The standard InChI is InChI=1S/C16H20N4O7S2/c1-27-15(22)11-6-9-19(10-7-11)29(25,26)18-14(21)13-12-5-3-4-8-20(12)16(17-13)28(2,23)24/h3-5,8,11H,6-7,9-10H2,1-2H3,(H,18,21). The maximum absolute atomic E-state index is 12.6. The summed E-state index contributed by atoms with van der Waals surface area (Å²) in [5.74, 6) is -1.83. The molecule has 1 amide bonds.